The van der Waals surface area contributed by atoms with E-state index in [1.54, 1.807) is 27.7 Å². The summed E-state index contributed by atoms with van der Waals surface area (Å²) >= 11 is 0. The Morgan fingerprint density at radius 1 is 1.24 bits per heavy atom. The summed E-state index contributed by atoms with van der Waals surface area (Å²) in [6.07, 6.45) is 2.30. The molecule has 1 heterocycles. The van der Waals surface area contributed by atoms with Gasteiger partial charge in [-0.3, -0.25) is 9.59 Å². The Labute approximate surface area is 194 Å². The average Bonchev–Trinajstić information content (AvgIpc) is 3.10. The molecule has 1 aromatic rings. The van der Waals surface area contributed by atoms with Crippen molar-refractivity contribution in [1.29, 1.82) is 0 Å². The molecule has 1 atom stereocenters. The number of rotatable bonds is 9. The molecule has 0 bridgehead atoms. The average molecular weight is 463 g/mol. The van der Waals surface area contributed by atoms with Gasteiger partial charge in [0.15, 0.2) is 0 Å². The first kappa shape index (κ1) is 26.2. The molecule has 0 saturated carbocycles. The number of carbonyl (C=O) groups is 3. The predicted molar refractivity (Wildman–Crippen MR) is 121 cm³/mol. The molecule has 8 heteroatoms. The third-order valence-corrected chi connectivity index (χ3v) is 5.33. The predicted octanol–water partition coefficient (Wildman–Crippen LogP) is 4.17. The van der Waals surface area contributed by atoms with Gasteiger partial charge in [-0.1, -0.05) is 11.6 Å². The molecule has 0 spiro atoms. The summed E-state index contributed by atoms with van der Waals surface area (Å²) in [7, 11) is 1.50. The van der Waals surface area contributed by atoms with Gasteiger partial charge in [0.1, 0.15) is 29.3 Å². The summed E-state index contributed by atoms with van der Waals surface area (Å²) in [6, 6.07) is 0. The summed E-state index contributed by atoms with van der Waals surface area (Å²) in [4.78, 5) is 36.8. The molecule has 0 radical (unpaired) electrons. The maximum atomic E-state index is 12.7. The number of esters is 3. The van der Waals surface area contributed by atoms with Gasteiger partial charge in [-0.2, -0.15) is 0 Å². The highest BCUT2D eigenvalue weighted by atomic mass is 16.6. The number of allylic oxidation sites excluding steroid dienone is 2. The van der Waals surface area contributed by atoms with Crippen LogP contribution in [0.2, 0.25) is 0 Å². The Kier molecular flexibility index (Phi) is 8.52. The van der Waals surface area contributed by atoms with Crippen LogP contribution in [0.25, 0.3) is 0 Å². The second kappa shape index (κ2) is 10.7. The molecule has 2 rings (SSSR count). The van der Waals surface area contributed by atoms with Crippen molar-refractivity contribution in [3.05, 3.63) is 33.9 Å². The van der Waals surface area contributed by atoms with Crippen molar-refractivity contribution in [2.24, 2.45) is 5.92 Å². The molecule has 0 aliphatic carbocycles. The molecular weight excluding hydrogens is 428 g/mol. The first-order valence-electron chi connectivity index (χ1n) is 11.0. The van der Waals surface area contributed by atoms with Crippen molar-refractivity contribution in [3.8, 4) is 11.5 Å². The quantitative estimate of drug-likeness (QED) is 0.331. The van der Waals surface area contributed by atoms with Gasteiger partial charge < -0.3 is 24.1 Å². The first-order chi connectivity index (χ1) is 15.4. The fraction of sp³-hybridized carbons (Fsp3) is 0.560. The number of fused-ring (bicyclic) bond motifs is 1. The summed E-state index contributed by atoms with van der Waals surface area (Å²) in [5, 5.41) is 10.8. The lowest BCUT2D eigenvalue weighted by molar-refractivity contribution is -0.163. The number of aromatic hydroxyl groups is 1. The van der Waals surface area contributed by atoms with E-state index in [1.807, 2.05) is 19.9 Å². The Morgan fingerprint density at radius 3 is 2.48 bits per heavy atom. The monoisotopic (exact) mass is 462 g/mol. The second-order valence-electron chi connectivity index (χ2n) is 9.11. The lowest BCUT2D eigenvalue weighted by Crippen LogP contribution is -2.30. The van der Waals surface area contributed by atoms with Crippen LogP contribution >= 0.6 is 0 Å². The van der Waals surface area contributed by atoms with Gasteiger partial charge in [-0.15, -0.1) is 0 Å². The third kappa shape index (κ3) is 6.49. The number of carbonyl (C=O) groups excluding carboxylic acids is 3. The zero-order valence-corrected chi connectivity index (χ0v) is 20.5. The van der Waals surface area contributed by atoms with E-state index in [9.17, 15) is 19.5 Å². The van der Waals surface area contributed by atoms with E-state index in [0.29, 0.717) is 16.9 Å². The maximum Gasteiger partial charge on any atom is 0.342 e. The molecular formula is C25H34O8. The van der Waals surface area contributed by atoms with Gasteiger partial charge in [0.2, 0.25) is 0 Å². The van der Waals surface area contributed by atoms with Crippen LogP contribution in [0, 0.1) is 12.8 Å². The van der Waals surface area contributed by atoms with Crippen molar-refractivity contribution in [2.75, 3.05) is 13.7 Å². The van der Waals surface area contributed by atoms with Crippen LogP contribution < -0.4 is 4.74 Å². The molecule has 0 saturated heterocycles. The van der Waals surface area contributed by atoms with Crippen LogP contribution in [0.5, 0.6) is 11.5 Å². The smallest absolute Gasteiger partial charge is 0.342 e. The highest BCUT2D eigenvalue weighted by Gasteiger charge is 2.32. The number of hydrogen-bond acceptors (Lipinski definition) is 8. The highest BCUT2D eigenvalue weighted by molar-refractivity contribution is 5.98. The van der Waals surface area contributed by atoms with Crippen molar-refractivity contribution in [3.63, 3.8) is 0 Å². The maximum absolute atomic E-state index is 12.7. The number of ether oxygens (including phenoxy) is 4. The van der Waals surface area contributed by atoms with Crippen LogP contribution in [0.15, 0.2) is 11.6 Å². The summed E-state index contributed by atoms with van der Waals surface area (Å²) < 4.78 is 21.1. The molecule has 1 aromatic carbocycles. The molecule has 1 N–H and O–H groups in total. The number of benzene rings is 1. The minimum Gasteiger partial charge on any atom is -0.507 e. The fourth-order valence-corrected chi connectivity index (χ4v) is 3.82. The Hall–Kier alpha value is -3.03. The molecule has 8 nitrogen and oxygen atoms in total. The van der Waals surface area contributed by atoms with Gasteiger partial charge in [0, 0.05) is 11.1 Å². The first-order valence-corrected chi connectivity index (χ1v) is 11.0. The van der Waals surface area contributed by atoms with Gasteiger partial charge in [0.25, 0.3) is 0 Å². The number of hydrogen-bond donors (Lipinski definition) is 1. The van der Waals surface area contributed by atoms with Crippen molar-refractivity contribution in [2.45, 2.75) is 73.0 Å². The molecule has 0 amide bonds. The zero-order valence-electron chi connectivity index (χ0n) is 20.5. The van der Waals surface area contributed by atoms with E-state index in [0.717, 1.165) is 11.1 Å². The fourth-order valence-electron chi connectivity index (χ4n) is 3.82. The molecule has 0 aromatic heterocycles. The molecule has 1 unspecified atom stereocenters. The summed E-state index contributed by atoms with van der Waals surface area (Å²) in [5.41, 5.74) is 2.13. The standard InChI is InChI=1S/C25H34O8/c1-8-31-19(26)12-16(23(28)33-25(4,5)6)11-14(2)9-10-17-21(27)20-18(13-32-24(20)29)15(3)22(17)30-7/h9,16,27H,8,10-13H2,1-7H3/b14-9+. The van der Waals surface area contributed by atoms with E-state index < -0.39 is 29.4 Å². The Morgan fingerprint density at radius 2 is 1.91 bits per heavy atom. The van der Waals surface area contributed by atoms with E-state index in [-0.39, 0.29) is 43.8 Å². The number of methoxy groups -OCH3 is 1. The molecule has 182 valence electrons. The van der Waals surface area contributed by atoms with E-state index in [1.165, 1.54) is 7.11 Å². The lowest BCUT2D eigenvalue weighted by atomic mass is 9.93. The van der Waals surface area contributed by atoms with Crippen LogP contribution in [0.1, 0.15) is 74.5 Å². The normalized spacial score (nSPS) is 14.4. The van der Waals surface area contributed by atoms with E-state index in [4.69, 9.17) is 18.9 Å². The van der Waals surface area contributed by atoms with Gasteiger partial charge in [-0.25, -0.2) is 4.79 Å². The SMILES string of the molecule is CCOC(=O)CC(C/C(C)=C/Cc1c(O)c2c(c(C)c1OC)COC2=O)C(=O)OC(C)(C)C. The van der Waals surface area contributed by atoms with Crippen molar-refractivity contribution < 1.29 is 38.4 Å². The largest absolute Gasteiger partial charge is 0.507 e. The summed E-state index contributed by atoms with van der Waals surface area (Å²) in [6.45, 7) is 11.0. The topological polar surface area (TPSA) is 108 Å². The van der Waals surface area contributed by atoms with Gasteiger partial charge in [0.05, 0.1) is 26.1 Å². The third-order valence-electron chi connectivity index (χ3n) is 5.33. The number of phenolic OH excluding ortho intramolecular Hbond substituents is 1. The Bertz CT molecular complexity index is 952. The molecule has 33 heavy (non-hydrogen) atoms. The van der Waals surface area contributed by atoms with Gasteiger partial charge in [-0.05, 0) is 59.9 Å². The van der Waals surface area contributed by atoms with Gasteiger partial charge >= 0.3 is 17.9 Å². The van der Waals surface area contributed by atoms with Crippen molar-refractivity contribution >= 4 is 17.9 Å². The summed E-state index contributed by atoms with van der Waals surface area (Å²) in [5.74, 6) is -1.87. The van der Waals surface area contributed by atoms with Crippen LogP contribution in [-0.4, -0.2) is 42.3 Å². The van der Waals surface area contributed by atoms with E-state index in [2.05, 4.69) is 0 Å². The van der Waals surface area contributed by atoms with Crippen molar-refractivity contribution in [1.82, 2.24) is 0 Å². The molecule has 0 fully saturated rings. The molecule has 1 aliphatic rings. The lowest BCUT2D eigenvalue weighted by Gasteiger charge is -2.24. The zero-order chi connectivity index (χ0) is 24.9. The van der Waals surface area contributed by atoms with Crippen LogP contribution in [0.4, 0.5) is 0 Å². The second-order valence-corrected chi connectivity index (χ2v) is 9.11. The minimum absolute atomic E-state index is 0.0910. The minimum atomic E-state index is -0.702. The van der Waals surface area contributed by atoms with Crippen LogP contribution in [-0.2, 0) is 36.8 Å². The number of cyclic esters (lactones) is 1. The Balaban J connectivity index is 2.28. The number of phenols is 1. The van der Waals surface area contributed by atoms with Crippen LogP contribution in [0.3, 0.4) is 0 Å². The van der Waals surface area contributed by atoms with E-state index >= 15 is 0 Å². The highest BCUT2D eigenvalue weighted by Crippen LogP contribution is 2.42. The molecule has 1 aliphatic heterocycles.